The first-order valence-electron chi connectivity index (χ1n) is 8.46. The van der Waals surface area contributed by atoms with Crippen molar-refractivity contribution in [3.63, 3.8) is 0 Å². The van der Waals surface area contributed by atoms with Crippen molar-refractivity contribution in [3.8, 4) is 0 Å². The number of hydrogen-bond acceptors (Lipinski definition) is 2. The third kappa shape index (κ3) is 4.64. The van der Waals surface area contributed by atoms with Crippen LogP contribution in [0.2, 0.25) is 5.02 Å². The summed E-state index contributed by atoms with van der Waals surface area (Å²) in [5.41, 5.74) is 5.31. The lowest BCUT2D eigenvalue weighted by molar-refractivity contribution is 0.616. The van der Waals surface area contributed by atoms with E-state index in [2.05, 4.69) is 15.7 Å². The lowest BCUT2D eigenvalue weighted by Gasteiger charge is -2.13. The van der Waals surface area contributed by atoms with E-state index in [9.17, 15) is 4.39 Å². The van der Waals surface area contributed by atoms with E-state index >= 15 is 0 Å². The van der Waals surface area contributed by atoms with Crippen LogP contribution < -0.4 is 10.6 Å². The third-order valence-corrected chi connectivity index (χ3v) is 4.73. The molecule has 1 heterocycles. The summed E-state index contributed by atoms with van der Waals surface area (Å²) in [6.07, 6.45) is 0. The molecule has 0 aliphatic carbocycles. The van der Waals surface area contributed by atoms with E-state index < -0.39 is 0 Å². The van der Waals surface area contributed by atoms with E-state index in [0.29, 0.717) is 16.7 Å². The number of anilines is 2. The molecule has 0 radical (unpaired) electrons. The first-order chi connectivity index (χ1) is 12.8. The van der Waals surface area contributed by atoms with Gasteiger partial charge in [0.1, 0.15) is 5.82 Å². The highest BCUT2D eigenvalue weighted by Crippen LogP contribution is 2.23. The summed E-state index contributed by atoms with van der Waals surface area (Å²) in [6, 6.07) is 12.1. The molecule has 0 fully saturated rings. The Morgan fingerprint density at radius 1 is 1.15 bits per heavy atom. The molecule has 2 N–H and O–H groups in total. The fraction of sp³-hybridized carbons (Fsp3) is 0.200. The number of thiocarbonyl (C=S) groups is 1. The lowest BCUT2D eigenvalue weighted by atomic mass is 10.2. The molecular formula is C20H20ClFN4S. The van der Waals surface area contributed by atoms with Gasteiger partial charge in [0.2, 0.25) is 0 Å². The number of aryl methyl sites for hydroxylation is 2. The van der Waals surface area contributed by atoms with E-state index in [0.717, 1.165) is 33.9 Å². The minimum absolute atomic E-state index is 0.255. The minimum Gasteiger partial charge on any atom is -0.332 e. The van der Waals surface area contributed by atoms with Crippen molar-refractivity contribution in [2.75, 3.05) is 10.6 Å². The number of aromatic nitrogens is 2. The SMILES string of the molecule is Cc1ccc(Cl)cc1NC(=S)Nc1c(C)nn(Cc2cccc(F)c2)c1C. The maximum absolute atomic E-state index is 13.4. The summed E-state index contributed by atoms with van der Waals surface area (Å²) < 4.78 is 15.3. The van der Waals surface area contributed by atoms with Crippen molar-refractivity contribution in [2.24, 2.45) is 0 Å². The maximum Gasteiger partial charge on any atom is 0.175 e. The summed E-state index contributed by atoms with van der Waals surface area (Å²) >= 11 is 11.5. The molecule has 0 atom stereocenters. The van der Waals surface area contributed by atoms with Gasteiger partial charge in [-0.15, -0.1) is 0 Å². The van der Waals surface area contributed by atoms with Gasteiger partial charge in [-0.2, -0.15) is 5.10 Å². The molecular weight excluding hydrogens is 383 g/mol. The highest BCUT2D eigenvalue weighted by atomic mass is 35.5. The molecule has 0 aliphatic rings. The van der Waals surface area contributed by atoms with Gasteiger partial charge in [-0.25, -0.2) is 4.39 Å². The largest absolute Gasteiger partial charge is 0.332 e. The molecule has 0 amide bonds. The van der Waals surface area contributed by atoms with Gasteiger partial charge in [0, 0.05) is 10.7 Å². The Bertz CT molecular complexity index is 1000. The summed E-state index contributed by atoms with van der Waals surface area (Å²) in [4.78, 5) is 0. The predicted octanol–water partition coefficient (Wildman–Crippen LogP) is 5.46. The number of benzene rings is 2. The Hall–Kier alpha value is -2.44. The number of hydrogen-bond donors (Lipinski definition) is 2. The molecule has 140 valence electrons. The van der Waals surface area contributed by atoms with Crippen LogP contribution in [0.1, 0.15) is 22.5 Å². The molecule has 3 rings (SSSR count). The molecule has 0 unspecified atom stereocenters. The summed E-state index contributed by atoms with van der Waals surface area (Å²) in [7, 11) is 0. The number of nitrogens with one attached hydrogen (secondary N) is 2. The van der Waals surface area contributed by atoms with Gasteiger partial charge in [0.15, 0.2) is 5.11 Å². The maximum atomic E-state index is 13.4. The van der Waals surface area contributed by atoms with Gasteiger partial charge in [-0.05, 0) is 68.4 Å². The average molecular weight is 403 g/mol. The van der Waals surface area contributed by atoms with E-state index in [-0.39, 0.29) is 5.82 Å². The first kappa shape index (κ1) is 19.3. The van der Waals surface area contributed by atoms with Crippen molar-refractivity contribution < 1.29 is 4.39 Å². The zero-order valence-electron chi connectivity index (χ0n) is 15.3. The normalized spacial score (nSPS) is 10.7. The second-order valence-corrected chi connectivity index (χ2v) is 7.22. The molecule has 0 bridgehead atoms. The van der Waals surface area contributed by atoms with Crippen LogP contribution in [0.15, 0.2) is 42.5 Å². The predicted molar refractivity (Wildman–Crippen MR) is 113 cm³/mol. The van der Waals surface area contributed by atoms with Gasteiger partial charge in [0.25, 0.3) is 0 Å². The van der Waals surface area contributed by atoms with Gasteiger partial charge in [0.05, 0.1) is 23.6 Å². The zero-order valence-corrected chi connectivity index (χ0v) is 16.9. The van der Waals surface area contributed by atoms with Crippen LogP contribution in [0, 0.1) is 26.6 Å². The van der Waals surface area contributed by atoms with Crippen LogP contribution in [0.5, 0.6) is 0 Å². The number of halogens is 2. The standard InChI is InChI=1S/C20H20ClFN4S/c1-12-7-8-16(21)10-18(12)23-20(27)24-19-13(2)25-26(14(19)3)11-15-5-4-6-17(22)9-15/h4-10H,11H2,1-3H3,(H2,23,24,27). The third-order valence-electron chi connectivity index (χ3n) is 4.29. The lowest BCUT2D eigenvalue weighted by Crippen LogP contribution is -2.20. The second-order valence-electron chi connectivity index (χ2n) is 6.37. The number of nitrogens with zero attached hydrogens (tertiary/aromatic N) is 2. The van der Waals surface area contributed by atoms with E-state index in [1.165, 1.54) is 12.1 Å². The highest BCUT2D eigenvalue weighted by molar-refractivity contribution is 7.80. The summed E-state index contributed by atoms with van der Waals surface area (Å²) in [6.45, 7) is 6.33. The minimum atomic E-state index is -0.255. The van der Waals surface area contributed by atoms with Crippen LogP contribution >= 0.6 is 23.8 Å². The Labute approximate surface area is 168 Å². The smallest absolute Gasteiger partial charge is 0.175 e. The van der Waals surface area contributed by atoms with E-state index in [1.54, 1.807) is 6.07 Å². The van der Waals surface area contributed by atoms with E-state index in [4.69, 9.17) is 23.8 Å². The quantitative estimate of drug-likeness (QED) is 0.569. The first-order valence-corrected chi connectivity index (χ1v) is 9.24. The summed E-state index contributed by atoms with van der Waals surface area (Å²) in [5.74, 6) is -0.255. The van der Waals surface area contributed by atoms with Gasteiger partial charge in [-0.1, -0.05) is 29.8 Å². The van der Waals surface area contributed by atoms with Gasteiger partial charge in [-0.3, -0.25) is 4.68 Å². The highest BCUT2D eigenvalue weighted by Gasteiger charge is 2.14. The fourth-order valence-electron chi connectivity index (χ4n) is 2.84. The van der Waals surface area contributed by atoms with Crippen LogP contribution in [-0.4, -0.2) is 14.9 Å². The Morgan fingerprint density at radius 3 is 2.67 bits per heavy atom. The van der Waals surface area contributed by atoms with Crippen LogP contribution in [0.3, 0.4) is 0 Å². The van der Waals surface area contributed by atoms with Crippen LogP contribution in [-0.2, 0) is 6.54 Å². The second kappa shape index (κ2) is 8.06. The van der Waals surface area contributed by atoms with Crippen molar-refractivity contribution in [1.82, 2.24) is 9.78 Å². The summed E-state index contributed by atoms with van der Waals surface area (Å²) in [5, 5.41) is 12.0. The Morgan fingerprint density at radius 2 is 1.93 bits per heavy atom. The Kier molecular flexibility index (Phi) is 5.77. The molecule has 27 heavy (non-hydrogen) atoms. The van der Waals surface area contributed by atoms with Crippen molar-refractivity contribution in [2.45, 2.75) is 27.3 Å². The fourth-order valence-corrected chi connectivity index (χ4v) is 3.22. The Balaban J connectivity index is 1.76. The molecule has 0 spiro atoms. The van der Waals surface area contributed by atoms with Crippen LogP contribution in [0.4, 0.5) is 15.8 Å². The molecule has 3 aromatic rings. The molecule has 0 saturated heterocycles. The average Bonchev–Trinajstić information content (AvgIpc) is 2.86. The van der Waals surface area contributed by atoms with Gasteiger partial charge < -0.3 is 10.6 Å². The van der Waals surface area contributed by atoms with Crippen molar-refractivity contribution >= 4 is 40.3 Å². The molecule has 0 saturated carbocycles. The van der Waals surface area contributed by atoms with Crippen molar-refractivity contribution in [3.05, 3.63) is 75.8 Å². The van der Waals surface area contributed by atoms with Crippen molar-refractivity contribution in [1.29, 1.82) is 0 Å². The zero-order chi connectivity index (χ0) is 19.6. The molecule has 7 heteroatoms. The van der Waals surface area contributed by atoms with E-state index in [1.807, 2.05) is 49.7 Å². The molecule has 2 aromatic carbocycles. The number of rotatable bonds is 4. The van der Waals surface area contributed by atoms with Crippen LogP contribution in [0.25, 0.3) is 0 Å². The molecule has 4 nitrogen and oxygen atoms in total. The monoisotopic (exact) mass is 402 g/mol. The van der Waals surface area contributed by atoms with Gasteiger partial charge >= 0.3 is 0 Å². The topological polar surface area (TPSA) is 41.9 Å². The molecule has 1 aromatic heterocycles. The molecule has 0 aliphatic heterocycles.